The number of carbonyl (C=O) groups excluding carboxylic acids is 1. The molecule has 1 aliphatic heterocycles. The molecule has 262 valence electrons. The van der Waals surface area contributed by atoms with Crippen molar-refractivity contribution in [3.05, 3.63) is 156 Å². The fourth-order valence-electron chi connectivity index (χ4n) is 6.47. The molecule has 52 heavy (non-hydrogen) atoms. The van der Waals surface area contributed by atoms with Crippen LogP contribution in [-0.2, 0) is 11.4 Å². The Morgan fingerprint density at radius 1 is 0.827 bits per heavy atom. The Labute approximate surface area is 304 Å². The molecule has 2 heterocycles. The van der Waals surface area contributed by atoms with Crippen molar-refractivity contribution in [3.8, 4) is 23.0 Å². The molecule has 0 radical (unpaired) electrons. The minimum Gasteiger partial charge on any atom is -0.493 e. The van der Waals surface area contributed by atoms with E-state index in [1.807, 2.05) is 73.7 Å². The van der Waals surface area contributed by atoms with Gasteiger partial charge in [-0.25, -0.2) is 4.99 Å². The Morgan fingerprint density at radius 2 is 1.54 bits per heavy atom. The molecule has 0 aliphatic carbocycles. The highest BCUT2D eigenvalue weighted by atomic mass is 32.1. The molecule has 1 amide bonds. The number of aryl methyl sites for hydroxylation is 1. The monoisotopic (exact) mass is 711 g/mol. The van der Waals surface area contributed by atoms with Crippen LogP contribution in [0.15, 0.2) is 124 Å². The van der Waals surface area contributed by atoms with Gasteiger partial charge in [-0.3, -0.25) is 14.2 Å². The molecule has 1 atom stereocenters. The predicted molar refractivity (Wildman–Crippen MR) is 204 cm³/mol. The summed E-state index contributed by atoms with van der Waals surface area (Å²) in [6.45, 7) is 4.08. The van der Waals surface area contributed by atoms with E-state index < -0.39 is 6.04 Å². The van der Waals surface area contributed by atoms with Crippen LogP contribution < -0.4 is 39.2 Å². The summed E-state index contributed by atoms with van der Waals surface area (Å²) < 4.78 is 25.1. The van der Waals surface area contributed by atoms with Gasteiger partial charge in [-0.2, -0.15) is 0 Å². The molecule has 0 saturated carbocycles. The van der Waals surface area contributed by atoms with Crippen molar-refractivity contribution in [2.75, 3.05) is 26.6 Å². The van der Waals surface area contributed by atoms with Crippen LogP contribution in [0.3, 0.4) is 0 Å². The highest BCUT2D eigenvalue weighted by molar-refractivity contribution is 7.07. The molecule has 7 rings (SSSR count). The lowest BCUT2D eigenvalue weighted by atomic mass is 9.94. The van der Waals surface area contributed by atoms with Crippen molar-refractivity contribution in [3.63, 3.8) is 0 Å². The number of para-hydroxylation sites is 1. The van der Waals surface area contributed by atoms with Crippen LogP contribution in [0.5, 0.6) is 23.0 Å². The zero-order valence-electron chi connectivity index (χ0n) is 29.4. The average Bonchev–Trinajstić information content (AvgIpc) is 3.47. The third-order valence-corrected chi connectivity index (χ3v) is 10.1. The maximum atomic E-state index is 14.4. The van der Waals surface area contributed by atoms with Crippen molar-refractivity contribution in [2.24, 2.45) is 4.99 Å². The largest absolute Gasteiger partial charge is 0.493 e. The molecular weight excluding hydrogens is 675 g/mol. The van der Waals surface area contributed by atoms with Gasteiger partial charge in [-0.05, 0) is 83.3 Å². The van der Waals surface area contributed by atoms with E-state index in [1.165, 1.54) is 11.3 Å². The minimum absolute atomic E-state index is 0.285. The van der Waals surface area contributed by atoms with E-state index in [1.54, 1.807) is 51.0 Å². The standard InChI is InChI=1S/C42H37N3O6S/c1-25-11-6-9-16-32(25)44-40(46)38-26(2)43-42-45(39(38)29-18-20-33(48-3)36(23-29)50-5)41(47)37(52-42)22-27-17-19-34(35(21-27)49-4)51-24-30-14-10-13-28-12-7-8-15-31(28)30/h6-23,39H,24H2,1-5H3,(H,44,46)/b37-22+. The molecule has 10 heteroatoms. The van der Waals surface area contributed by atoms with Crippen molar-refractivity contribution in [1.29, 1.82) is 0 Å². The molecule has 0 bridgehead atoms. The number of thiazole rings is 1. The molecule has 1 unspecified atom stereocenters. The van der Waals surface area contributed by atoms with E-state index in [2.05, 4.69) is 29.6 Å². The Bertz CT molecular complexity index is 2550. The molecule has 1 aromatic heterocycles. The number of hydrogen-bond donors (Lipinski definition) is 1. The van der Waals surface area contributed by atoms with Crippen LogP contribution >= 0.6 is 11.3 Å². The topological polar surface area (TPSA) is 100 Å². The molecule has 1 aliphatic rings. The molecule has 1 N–H and O–H groups in total. The molecule has 0 saturated heterocycles. The van der Waals surface area contributed by atoms with Gasteiger partial charge in [0.25, 0.3) is 11.5 Å². The lowest BCUT2D eigenvalue weighted by Crippen LogP contribution is -2.40. The Kier molecular flexibility index (Phi) is 9.65. The lowest BCUT2D eigenvalue weighted by molar-refractivity contribution is -0.113. The summed E-state index contributed by atoms with van der Waals surface area (Å²) in [6.07, 6.45) is 1.80. The van der Waals surface area contributed by atoms with Gasteiger partial charge in [-0.15, -0.1) is 0 Å². The fraction of sp³-hybridized carbons (Fsp3) is 0.167. The summed E-state index contributed by atoms with van der Waals surface area (Å²) in [5.74, 6) is 1.78. The van der Waals surface area contributed by atoms with Crippen LogP contribution in [-0.4, -0.2) is 31.8 Å². The Hall–Kier alpha value is -6.13. The highest BCUT2D eigenvalue weighted by Crippen LogP contribution is 2.36. The number of methoxy groups -OCH3 is 3. The molecule has 9 nitrogen and oxygen atoms in total. The third-order valence-electron chi connectivity index (χ3n) is 9.13. The summed E-state index contributed by atoms with van der Waals surface area (Å²) in [6, 6.07) is 32.1. The zero-order valence-corrected chi connectivity index (χ0v) is 30.2. The van der Waals surface area contributed by atoms with Crippen LogP contribution in [0.25, 0.3) is 16.8 Å². The van der Waals surface area contributed by atoms with Gasteiger partial charge < -0.3 is 24.3 Å². The normalized spacial score (nSPS) is 14.1. The van der Waals surface area contributed by atoms with E-state index in [-0.39, 0.29) is 11.5 Å². The Balaban J connectivity index is 1.27. The number of anilines is 1. The van der Waals surface area contributed by atoms with E-state index >= 15 is 0 Å². The van der Waals surface area contributed by atoms with E-state index in [0.29, 0.717) is 61.5 Å². The zero-order chi connectivity index (χ0) is 36.4. The number of aromatic nitrogens is 1. The minimum atomic E-state index is -0.790. The number of ether oxygens (including phenoxy) is 4. The first kappa shape index (κ1) is 34.3. The average molecular weight is 712 g/mol. The number of nitrogens with one attached hydrogen (secondary N) is 1. The molecule has 0 spiro atoms. The fourth-order valence-corrected chi connectivity index (χ4v) is 7.52. The second-order valence-corrected chi connectivity index (χ2v) is 13.3. The number of fused-ring (bicyclic) bond motifs is 2. The quantitative estimate of drug-likeness (QED) is 0.165. The first-order valence-electron chi connectivity index (χ1n) is 16.7. The van der Waals surface area contributed by atoms with Gasteiger partial charge in [0, 0.05) is 5.69 Å². The van der Waals surface area contributed by atoms with Gasteiger partial charge in [0.05, 0.1) is 43.2 Å². The van der Waals surface area contributed by atoms with Crippen molar-refractivity contribution < 1.29 is 23.7 Å². The first-order chi connectivity index (χ1) is 25.3. The van der Waals surface area contributed by atoms with Crippen LogP contribution in [0.2, 0.25) is 0 Å². The Morgan fingerprint density at radius 3 is 2.33 bits per heavy atom. The highest BCUT2D eigenvalue weighted by Gasteiger charge is 2.33. The summed E-state index contributed by atoms with van der Waals surface area (Å²) >= 11 is 1.26. The third kappa shape index (κ3) is 6.56. The maximum absolute atomic E-state index is 14.4. The summed E-state index contributed by atoms with van der Waals surface area (Å²) in [4.78, 5) is 33.7. The first-order valence-corrected chi connectivity index (χ1v) is 17.5. The van der Waals surface area contributed by atoms with E-state index in [4.69, 9.17) is 23.9 Å². The number of rotatable bonds is 10. The van der Waals surface area contributed by atoms with Crippen LogP contribution in [0.1, 0.15) is 35.2 Å². The van der Waals surface area contributed by atoms with Gasteiger partial charge in [0.2, 0.25) is 0 Å². The van der Waals surface area contributed by atoms with E-state index in [9.17, 15) is 9.59 Å². The smallest absolute Gasteiger partial charge is 0.271 e. The second-order valence-electron chi connectivity index (χ2n) is 12.3. The van der Waals surface area contributed by atoms with Crippen molar-refractivity contribution >= 4 is 39.8 Å². The number of carbonyl (C=O) groups is 1. The van der Waals surface area contributed by atoms with Crippen LogP contribution in [0.4, 0.5) is 5.69 Å². The van der Waals surface area contributed by atoms with Gasteiger partial charge in [0.15, 0.2) is 27.8 Å². The number of amides is 1. The molecule has 6 aromatic rings. The van der Waals surface area contributed by atoms with Crippen molar-refractivity contribution in [2.45, 2.75) is 26.5 Å². The van der Waals surface area contributed by atoms with Crippen LogP contribution in [0, 0.1) is 6.92 Å². The molecule has 0 fully saturated rings. The van der Waals surface area contributed by atoms with Crippen molar-refractivity contribution in [1.82, 2.24) is 4.57 Å². The van der Waals surface area contributed by atoms with Gasteiger partial charge in [0.1, 0.15) is 6.61 Å². The molecular formula is C42H37N3O6S. The SMILES string of the molecule is COc1ccc(C2C(C(=O)Nc3ccccc3C)=C(C)N=c3s/c(=C/c4ccc(OCc5cccc6ccccc56)c(OC)c4)c(=O)n32)cc1OC. The number of hydrogen-bond acceptors (Lipinski definition) is 8. The lowest BCUT2D eigenvalue weighted by Gasteiger charge is -2.26. The van der Waals surface area contributed by atoms with E-state index in [0.717, 1.165) is 27.5 Å². The predicted octanol–water partition coefficient (Wildman–Crippen LogP) is 6.94. The molecule has 5 aromatic carbocycles. The maximum Gasteiger partial charge on any atom is 0.271 e. The van der Waals surface area contributed by atoms with Gasteiger partial charge >= 0.3 is 0 Å². The van der Waals surface area contributed by atoms with Gasteiger partial charge in [-0.1, -0.05) is 84.1 Å². The number of benzene rings is 5. The second kappa shape index (κ2) is 14.6. The summed E-state index contributed by atoms with van der Waals surface area (Å²) in [5.41, 5.74) is 4.64. The number of allylic oxidation sites excluding steroid dienone is 1. The summed E-state index contributed by atoms with van der Waals surface area (Å²) in [5, 5.41) is 5.33. The number of nitrogens with zero attached hydrogens (tertiary/aromatic N) is 2. The summed E-state index contributed by atoms with van der Waals surface area (Å²) in [7, 11) is 4.70.